The molecule has 0 aliphatic heterocycles. The molecule has 0 unspecified atom stereocenters. The number of hydrogen-bond acceptors (Lipinski definition) is 5. The van der Waals surface area contributed by atoms with Crippen LogP contribution in [0.2, 0.25) is 0 Å². The molecule has 0 bridgehead atoms. The van der Waals surface area contributed by atoms with Crippen LogP contribution in [-0.4, -0.2) is 23.1 Å². The molecule has 0 fully saturated rings. The number of nitrogens with two attached hydrogens (primary N) is 1. The van der Waals surface area contributed by atoms with Crippen molar-refractivity contribution in [2.45, 2.75) is 6.54 Å². The Morgan fingerprint density at radius 3 is 2.75 bits per heavy atom. The van der Waals surface area contributed by atoms with E-state index in [1.54, 1.807) is 17.7 Å². The van der Waals surface area contributed by atoms with Crippen LogP contribution in [0, 0.1) is 0 Å². The van der Waals surface area contributed by atoms with Crippen LogP contribution in [0.1, 0.15) is 5.56 Å². The molecule has 0 saturated carbocycles. The molecule has 102 valence electrons. The van der Waals surface area contributed by atoms with Crippen molar-refractivity contribution in [2.75, 3.05) is 18.0 Å². The Labute approximate surface area is 121 Å². The maximum atomic E-state index is 5.76. The zero-order chi connectivity index (χ0) is 13.8. The highest BCUT2D eigenvalue weighted by molar-refractivity contribution is 7.16. The van der Waals surface area contributed by atoms with Gasteiger partial charge >= 0.3 is 0 Å². The Kier molecular flexibility index (Phi) is 3.90. The van der Waals surface area contributed by atoms with Gasteiger partial charge in [0.2, 0.25) is 0 Å². The summed E-state index contributed by atoms with van der Waals surface area (Å²) in [5.74, 6) is 0.963. The van der Waals surface area contributed by atoms with Crippen molar-refractivity contribution in [3.63, 3.8) is 0 Å². The molecule has 0 aliphatic rings. The highest BCUT2D eigenvalue weighted by Gasteiger charge is 2.12. The third-order valence-electron chi connectivity index (χ3n) is 3.16. The molecular formula is C15H16N4S. The molecule has 0 amide bonds. The first kappa shape index (κ1) is 13.0. The lowest BCUT2D eigenvalue weighted by atomic mass is 10.2. The second kappa shape index (κ2) is 5.98. The van der Waals surface area contributed by atoms with Crippen LogP contribution >= 0.6 is 11.3 Å². The van der Waals surface area contributed by atoms with Crippen molar-refractivity contribution in [3.05, 3.63) is 53.7 Å². The van der Waals surface area contributed by atoms with E-state index in [1.807, 2.05) is 11.4 Å². The molecule has 2 aromatic heterocycles. The van der Waals surface area contributed by atoms with Gasteiger partial charge in [-0.15, -0.1) is 11.3 Å². The lowest BCUT2D eigenvalue weighted by Crippen LogP contribution is -2.29. The average Bonchev–Trinajstić information content (AvgIpc) is 2.96. The molecule has 2 N–H and O–H groups in total. The van der Waals surface area contributed by atoms with Crippen LogP contribution in [0.25, 0.3) is 10.2 Å². The Morgan fingerprint density at radius 2 is 1.95 bits per heavy atom. The molecule has 4 nitrogen and oxygen atoms in total. The Morgan fingerprint density at radius 1 is 1.10 bits per heavy atom. The van der Waals surface area contributed by atoms with Gasteiger partial charge in [-0.05, 0) is 17.0 Å². The van der Waals surface area contributed by atoms with Gasteiger partial charge in [0.15, 0.2) is 0 Å². The lowest BCUT2D eigenvalue weighted by molar-refractivity contribution is 0.778. The van der Waals surface area contributed by atoms with E-state index in [-0.39, 0.29) is 0 Å². The molecule has 0 spiro atoms. The van der Waals surface area contributed by atoms with Gasteiger partial charge < -0.3 is 10.6 Å². The van der Waals surface area contributed by atoms with E-state index in [0.29, 0.717) is 6.54 Å². The summed E-state index contributed by atoms with van der Waals surface area (Å²) < 4.78 is 0. The Bertz CT molecular complexity index is 680. The van der Waals surface area contributed by atoms with E-state index in [1.165, 1.54) is 5.56 Å². The van der Waals surface area contributed by atoms with Crippen molar-refractivity contribution < 1.29 is 0 Å². The number of anilines is 1. The summed E-state index contributed by atoms with van der Waals surface area (Å²) in [6.07, 6.45) is 1.63. The first-order valence-corrected chi connectivity index (χ1v) is 7.43. The Hall–Kier alpha value is -1.98. The van der Waals surface area contributed by atoms with E-state index >= 15 is 0 Å². The second-order valence-electron chi connectivity index (χ2n) is 4.53. The number of aromatic nitrogens is 2. The predicted octanol–water partition coefficient (Wildman–Crippen LogP) is 2.66. The van der Waals surface area contributed by atoms with Gasteiger partial charge in [0.05, 0.1) is 5.39 Å². The van der Waals surface area contributed by atoms with Crippen LogP contribution in [0.4, 0.5) is 5.82 Å². The minimum absolute atomic E-state index is 0.600. The molecular weight excluding hydrogens is 268 g/mol. The topological polar surface area (TPSA) is 55.0 Å². The van der Waals surface area contributed by atoms with Crippen LogP contribution in [0.15, 0.2) is 48.1 Å². The zero-order valence-electron chi connectivity index (χ0n) is 11.1. The van der Waals surface area contributed by atoms with E-state index in [4.69, 9.17) is 5.73 Å². The quantitative estimate of drug-likeness (QED) is 0.782. The average molecular weight is 284 g/mol. The van der Waals surface area contributed by atoms with Crippen molar-refractivity contribution in [3.8, 4) is 0 Å². The van der Waals surface area contributed by atoms with Crippen molar-refractivity contribution >= 4 is 27.4 Å². The third-order valence-corrected chi connectivity index (χ3v) is 3.98. The summed E-state index contributed by atoms with van der Waals surface area (Å²) >= 11 is 1.63. The lowest BCUT2D eigenvalue weighted by Gasteiger charge is -2.23. The predicted molar refractivity (Wildman–Crippen MR) is 84.0 cm³/mol. The van der Waals surface area contributed by atoms with E-state index in [2.05, 4.69) is 45.2 Å². The summed E-state index contributed by atoms with van der Waals surface area (Å²) in [6.45, 7) is 2.18. The van der Waals surface area contributed by atoms with Gasteiger partial charge in [-0.3, -0.25) is 0 Å². The fourth-order valence-corrected chi connectivity index (χ4v) is 2.98. The molecule has 0 aliphatic carbocycles. The summed E-state index contributed by atoms with van der Waals surface area (Å²) in [6, 6.07) is 12.4. The highest BCUT2D eigenvalue weighted by Crippen LogP contribution is 2.27. The first-order valence-electron chi connectivity index (χ1n) is 6.55. The minimum Gasteiger partial charge on any atom is -0.350 e. The molecule has 0 radical (unpaired) electrons. The first-order chi connectivity index (χ1) is 9.88. The smallest absolute Gasteiger partial charge is 0.141 e. The number of nitrogens with zero attached hydrogens (tertiary/aromatic N) is 3. The molecule has 3 aromatic rings. The van der Waals surface area contributed by atoms with Gasteiger partial charge in [0.1, 0.15) is 17.0 Å². The van der Waals surface area contributed by atoms with Crippen molar-refractivity contribution in [2.24, 2.45) is 5.73 Å². The van der Waals surface area contributed by atoms with Crippen LogP contribution in [-0.2, 0) is 6.54 Å². The molecule has 3 rings (SSSR count). The maximum Gasteiger partial charge on any atom is 0.141 e. The summed E-state index contributed by atoms with van der Waals surface area (Å²) in [5, 5.41) is 3.15. The number of rotatable bonds is 5. The Balaban J connectivity index is 1.96. The molecule has 5 heteroatoms. The standard InChI is InChI=1S/C15H16N4S/c16-7-8-19(10-12-4-2-1-3-5-12)14-13-6-9-20-15(13)18-11-17-14/h1-6,9,11H,7-8,10,16H2. The van der Waals surface area contributed by atoms with Gasteiger partial charge in [0, 0.05) is 19.6 Å². The van der Waals surface area contributed by atoms with Crippen LogP contribution in [0.5, 0.6) is 0 Å². The van der Waals surface area contributed by atoms with E-state index < -0.39 is 0 Å². The fourth-order valence-electron chi connectivity index (χ4n) is 2.25. The van der Waals surface area contributed by atoms with Gasteiger partial charge in [-0.1, -0.05) is 30.3 Å². The maximum absolute atomic E-state index is 5.76. The van der Waals surface area contributed by atoms with E-state index in [0.717, 1.165) is 29.1 Å². The normalized spacial score (nSPS) is 10.8. The van der Waals surface area contributed by atoms with Crippen LogP contribution in [0.3, 0.4) is 0 Å². The summed E-state index contributed by atoms with van der Waals surface area (Å²) in [7, 11) is 0. The third kappa shape index (κ3) is 2.64. The molecule has 20 heavy (non-hydrogen) atoms. The number of benzene rings is 1. The van der Waals surface area contributed by atoms with Gasteiger partial charge in [-0.2, -0.15) is 0 Å². The van der Waals surface area contributed by atoms with Gasteiger partial charge in [-0.25, -0.2) is 9.97 Å². The molecule has 0 atom stereocenters. The number of fused-ring (bicyclic) bond motifs is 1. The van der Waals surface area contributed by atoms with Crippen molar-refractivity contribution in [1.82, 2.24) is 9.97 Å². The highest BCUT2D eigenvalue weighted by atomic mass is 32.1. The minimum atomic E-state index is 0.600. The molecule has 0 saturated heterocycles. The van der Waals surface area contributed by atoms with Crippen LogP contribution < -0.4 is 10.6 Å². The monoisotopic (exact) mass is 284 g/mol. The SMILES string of the molecule is NCCN(Cc1ccccc1)c1ncnc2sccc12. The number of hydrogen-bond donors (Lipinski definition) is 1. The zero-order valence-corrected chi connectivity index (χ0v) is 11.9. The number of thiophene rings is 1. The summed E-state index contributed by atoms with van der Waals surface area (Å²) in [5.41, 5.74) is 7.01. The summed E-state index contributed by atoms with van der Waals surface area (Å²) in [4.78, 5) is 12.0. The van der Waals surface area contributed by atoms with Gasteiger partial charge in [0.25, 0.3) is 0 Å². The van der Waals surface area contributed by atoms with Crippen molar-refractivity contribution in [1.29, 1.82) is 0 Å². The fraction of sp³-hybridized carbons (Fsp3) is 0.200. The largest absolute Gasteiger partial charge is 0.350 e. The molecule has 1 aromatic carbocycles. The second-order valence-corrected chi connectivity index (χ2v) is 5.43. The molecule has 2 heterocycles. The van der Waals surface area contributed by atoms with E-state index in [9.17, 15) is 0 Å².